The number of rotatable bonds is 4. The lowest BCUT2D eigenvalue weighted by Gasteiger charge is -2.20. The van der Waals surface area contributed by atoms with Crippen LogP contribution in [0, 0.1) is 0 Å². The lowest BCUT2D eigenvalue weighted by molar-refractivity contribution is -0.117. The van der Waals surface area contributed by atoms with Crippen LogP contribution in [-0.4, -0.2) is 20.9 Å². The van der Waals surface area contributed by atoms with Gasteiger partial charge in [-0.1, -0.05) is 12.1 Å². The predicted octanol–water partition coefficient (Wildman–Crippen LogP) is 2.72. The van der Waals surface area contributed by atoms with Gasteiger partial charge in [0, 0.05) is 24.4 Å². The third kappa shape index (κ3) is 3.31. The Bertz CT molecular complexity index is 1200. The molecule has 1 fully saturated rings. The van der Waals surface area contributed by atoms with E-state index in [1.165, 1.54) is 30.3 Å². The Morgan fingerprint density at radius 3 is 2.59 bits per heavy atom. The average molecular weight is 384 g/mol. The van der Waals surface area contributed by atoms with Gasteiger partial charge in [-0.15, -0.1) is 0 Å². The molecule has 4 rings (SSSR count). The molecular weight excluding hydrogens is 368 g/mol. The van der Waals surface area contributed by atoms with Crippen molar-refractivity contribution >= 4 is 38.3 Å². The highest BCUT2D eigenvalue weighted by atomic mass is 32.2. The molecule has 2 aromatic carbocycles. The number of carbonyl (C=O) groups is 1. The second-order valence-corrected chi connectivity index (χ2v) is 7.91. The van der Waals surface area contributed by atoms with E-state index in [1.54, 1.807) is 29.2 Å². The molecule has 2 heterocycles. The third-order valence-electron chi connectivity index (χ3n) is 4.41. The number of para-hydroxylation sites is 2. The van der Waals surface area contributed by atoms with Crippen LogP contribution in [0.5, 0.6) is 0 Å². The number of hydrogen-bond donors (Lipinski definition) is 1. The van der Waals surface area contributed by atoms with Crippen LogP contribution in [-0.2, 0) is 14.8 Å². The number of anilines is 2. The van der Waals surface area contributed by atoms with Crippen molar-refractivity contribution in [1.29, 1.82) is 0 Å². The maximum atomic E-state index is 12.9. The van der Waals surface area contributed by atoms with Crippen LogP contribution >= 0.6 is 0 Å². The van der Waals surface area contributed by atoms with Crippen LogP contribution in [0.3, 0.4) is 0 Å². The van der Waals surface area contributed by atoms with Gasteiger partial charge in [-0.25, -0.2) is 13.2 Å². The molecule has 7 nitrogen and oxygen atoms in total. The zero-order valence-electron chi connectivity index (χ0n) is 14.2. The van der Waals surface area contributed by atoms with Gasteiger partial charge in [0.15, 0.2) is 0 Å². The van der Waals surface area contributed by atoms with E-state index in [0.717, 1.165) is 6.42 Å². The van der Waals surface area contributed by atoms with Crippen molar-refractivity contribution in [2.24, 2.45) is 0 Å². The zero-order chi connectivity index (χ0) is 19.0. The van der Waals surface area contributed by atoms with Crippen molar-refractivity contribution in [3.05, 3.63) is 65.0 Å². The Balaban J connectivity index is 1.71. The number of nitrogens with one attached hydrogen (secondary N) is 1. The minimum Gasteiger partial charge on any atom is -0.423 e. The molecule has 0 unspecified atom stereocenters. The Hall–Kier alpha value is -3.13. The highest BCUT2D eigenvalue weighted by Crippen LogP contribution is 2.31. The summed E-state index contributed by atoms with van der Waals surface area (Å²) in [5, 5.41) is 0.500. The normalized spacial score (nSPS) is 14.7. The number of hydrogen-bond acceptors (Lipinski definition) is 5. The van der Waals surface area contributed by atoms with Crippen molar-refractivity contribution in [3.63, 3.8) is 0 Å². The molecule has 8 heteroatoms. The third-order valence-corrected chi connectivity index (χ3v) is 5.78. The van der Waals surface area contributed by atoms with E-state index in [2.05, 4.69) is 4.72 Å². The minimum atomic E-state index is -3.89. The van der Waals surface area contributed by atoms with Gasteiger partial charge in [-0.2, -0.15) is 0 Å². The zero-order valence-corrected chi connectivity index (χ0v) is 15.0. The van der Waals surface area contributed by atoms with Crippen molar-refractivity contribution in [3.8, 4) is 0 Å². The summed E-state index contributed by atoms with van der Waals surface area (Å²) in [5.74, 6) is -0.0256. The number of sulfonamides is 1. The number of nitrogens with zero attached hydrogens (tertiary/aromatic N) is 1. The fraction of sp³-hybridized carbons (Fsp3) is 0.158. The van der Waals surface area contributed by atoms with Crippen LogP contribution < -0.4 is 15.2 Å². The van der Waals surface area contributed by atoms with Crippen molar-refractivity contribution in [2.75, 3.05) is 16.2 Å². The van der Waals surface area contributed by atoms with Gasteiger partial charge < -0.3 is 9.32 Å². The van der Waals surface area contributed by atoms with Gasteiger partial charge in [-0.3, -0.25) is 9.52 Å². The first-order valence-electron chi connectivity index (χ1n) is 8.40. The van der Waals surface area contributed by atoms with Gasteiger partial charge in [0.1, 0.15) is 5.58 Å². The summed E-state index contributed by atoms with van der Waals surface area (Å²) >= 11 is 0. The van der Waals surface area contributed by atoms with Gasteiger partial charge in [0.2, 0.25) is 5.91 Å². The van der Waals surface area contributed by atoms with E-state index in [-0.39, 0.29) is 10.8 Å². The summed E-state index contributed by atoms with van der Waals surface area (Å²) in [5.41, 5.74) is 0.688. The van der Waals surface area contributed by atoms with E-state index in [1.807, 2.05) is 0 Å². The lowest BCUT2D eigenvalue weighted by Crippen LogP contribution is -2.25. The van der Waals surface area contributed by atoms with Crippen molar-refractivity contribution < 1.29 is 17.6 Å². The molecular formula is C19H16N2O5S. The molecule has 0 radical (unpaired) electrons. The molecule has 0 aliphatic carbocycles. The monoisotopic (exact) mass is 384 g/mol. The first kappa shape index (κ1) is 17.3. The molecule has 1 amide bonds. The number of fused-ring (bicyclic) bond motifs is 1. The molecule has 1 aliphatic rings. The SMILES string of the molecule is O=C1CCCN1c1ccccc1NS(=O)(=O)c1ccc2oc(=O)ccc2c1. The highest BCUT2D eigenvalue weighted by molar-refractivity contribution is 7.92. The van der Waals surface area contributed by atoms with Crippen LogP contribution in [0.25, 0.3) is 11.0 Å². The fourth-order valence-corrected chi connectivity index (χ4v) is 4.23. The highest BCUT2D eigenvalue weighted by Gasteiger charge is 2.25. The molecule has 1 aliphatic heterocycles. The van der Waals surface area contributed by atoms with E-state index < -0.39 is 15.6 Å². The summed E-state index contributed by atoms with van der Waals surface area (Å²) in [4.78, 5) is 24.9. The van der Waals surface area contributed by atoms with Crippen LogP contribution in [0.15, 0.2) is 68.7 Å². The lowest BCUT2D eigenvalue weighted by atomic mass is 10.2. The molecule has 27 heavy (non-hydrogen) atoms. The maximum absolute atomic E-state index is 12.9. The Morgan fingerprint density at radius 1 is 1.00 bits per heavy atom. The van der Waals surface area contributed by atoms with Gasteiger partial charge in [0.05, 0.1) is 16.3 Å². The number of carbonyl (C=O) groups excluding carboxylic acids is 1. The first-order chi connectivity index (χ1) is 12.9. The Morgan fingerprint density at radius 2 is 1.81 bits per heavy atom. The summed E-state index contributed by atoms with van der Waals surface area (Å²) in [6, 6.07) is 13.8. The minimum absolute atomic E-state index is 0.0256. The first-order valence-corrected chi connectivity index (χ1v) is 9.88. The summed E-state index contributed by atoms with van der Waals surface area (Å²) in [6.07, 6.45) is 1.20. The molecule has 0 spiro atoms. The molecule has 1 N–H and O–H groups in total. The second-order valence-electron chi connectivity index (χ2n) is 6.23. The summed E-state index contributed by atoms with van der Waals surface area (Å²) in [7, 11) is -3.89. The Kier molecular flexibility index (Phi) is 4.19. The molecule has 0 bridgehead atoms. The van der Waals surface area contributed by atoms with Gasteiger partial charge in [0.25, 0.3) is 10.0 Å². The van der Waals surface area contributed by atoms with Crippen LogP contribution in [0.4, 0.5) is 11.4 Å². The van der Waals surface area contributed by atoms with E-state index in [9.17, 15) is 18.0 Å². The molecule has 138 valence electrons. The molecule has 0 atom stereocenters. The van der Waals surface area contributed by atoms with Gasteiger partial charge in [-0.05, 0) is 42.8 Å². The fourth-order valence-electron chi connectivity index (χ4n) is 3.12. The molecule has 1 saturated heterocycles. The molecule has 0 saturated carbocycles. The van der Waals surface area contributed by atoms with Gasteiger partial charge >= 0.3 is 5.63 Å². The standard InChI is InChI=1S/C19H16N2O5S/c22-18-6-3-11-21(18)16-5-2-1-4-15(16)20-27(24,25)14-8-9-17-13(12-14)7-10-19(23)26-17/h1-2,4-5,7-10,12,20H,3,6,11H2. The number of amides is 1. The van der Waals surface area contributed by atoms with Crippen LogP contribution in [0.1, 0.15) is 12.8 Å². The van der Waals surface area contributed by atoms with E-state index in [4.69, 9.17) is 4.42 Å². The molecule has 1 aromatic heterocycles. The van der Waals surface area contributed by atoms with Crippen molar-refractivity contribution in [2.45, 2.75) is 17.7 Å². The number of benzene rings is 2. The quantitative estimate of drug-likeness (QED) is 0.698. The average Bonchev–Trinajstić information content (AvgIpc) is 3.07. The maximum Gasteiger partial charge on any atom is 0.336 e. The summed E-state index contributed by atoms with van der Waals surface area (Å²) in [6.45, 7) is 0.562. The van der Waals surface area contributed by atoms with Crippen molar-refractivity contribution in [1.82, 2.24) is 0 Å². The van der Waals surface area contributed by atoms with E-state index >= 15 is 0 Å². The van der Waals surface area contributed by atoms with Crippen LogP contribution in [0.2, 0.25) is 0 Å². The van der Waals surface area contributed by atoms with E-state index in [0.29, 0.717) is 35.3 Å². The smallest absolute Gasteiger partial charge is 0.336 e. The predicted molar refractivity (Wildman–Crippen MR) is 101 cm³/mol. The second kappa shape index (κ2) is 6.55. The largest absolute Gasteiger partial charge is 0.423 e. The topological polar surface area (TPSA) is 96.7 Å². The Labute approximate surface area is 155 Å². The molecule has 3 aromatic rings. The summed E-state index contributed by atoms with van der Waals surface area (Å²) < 4.78 is 33.3.